The van der Waals surface area contributed by atoms with E-state index < -0.39 is 0 Å². The van der Waals surface area contributed by atoms with Crippen molar-refractivity contribution in [3.63, 3.8) is 0 Å². The predicted octanol–water partition coefficient (Wildman–Crippen LogP) is 4.15. The third-order valence-electron chi connectivity index (χ3n) is 4.09. The first-order chi connectivity index (χ1) is 8.46. The smallest absolute Gasteiger partial charge is 0.140 e. The molecule has 0 bridgehead atoms. The van der Waals surface area contributed by atoms with Crippen LogP contribution in [0.5, 0.6) is 0 Å². The van der Waals surface area contributed by atoms with Crippen LogP contribution in [0.1, 0.15) is 45.1 Å². The highest BCUT2D eigenvalue weighted by molar-refractivity contribution is 5.83. The minimum Gasteiger partial charge on any atom is -0.299 e. The van der Waals surface area contributed by atoms with E-state index in [0.717, 1.165) is 31.2 Å². The SMILES string of the molecule is CC1(C)CCC(C(=O)Cc2ccc(F)cc2)CC1. The molecule has 1 aromatic rings. The number of carbonyl (C=O) groups is 1. The van der Waals surface area contributed by atoms with Crippen molar-refractivity contribution in [1.82, 2.24) is 0 Å². The van der Waals surface area contributed by atoms with Gasteiger partial charge in [0.25, 0.3) is 0 Å². The zero-order chi connectivity index (χ0) is 13.2. The molecule has 0 atom stereocenters. The van der Waals surface area contributed by atoms with Crippen LogP contribution in [0.2, 0.25) is 0 Å². The van der Waals surface area contributed by atoms with E-state index >= 15 is 0 Å². The molecular weight excluding hydrogens is 227 g/mol. The number of ketones is 1. The summed E-state index contributed by atoms with van der Waals surface area (Å²) in [5.41, 5.74) is 1.32. The largest absolute Gasteiger partial charge is 0.299 e. The van der Waals surface area contributed by atoms with Gasteiger partial charge < -0.3 is 0 Å². The molecular formula is C16H21FO. The number of halogens is 1. The van der Waals surface area contributed by atoms with E-state index in [1.807, 2.05) is 0 Å². The van der Waals surface area contributed by atoms with Gasteiger partial charge in [-0.1, -0.05) is 26.0 Å². The third-order valence-corrected chi connectivity index (χ3v) is 4.09. The highest BCUT2D eigenvalue weighted by Gasteiger charge is 2.30. The molecule has 1 nitrogen and oxygen atoms in total. The van der Waals surface area contributed by atoms with Crippen molar-refractivity contribution in [2.24, 2.45) is 11.3 Å². The van der Waals surface area contributed by atoms with Gasteiger partial charge >= 0.3 is 0 Å². The first-order valence-electron chi connectivity index (χ1n) is 6.73. The second-order valence-corrected chi connectivity index (χ2v) is 6.21. The number of Topliss-reactive ketones (excluding diaryl/α,β-unsaturated/α-hetero) is 1. The molecule has 98 valence electrons. The minimum absolute atomic E-state index is 0.211. The van der Waals surface area contributed by atoms with Gasteiger partial charge in [-0.15, -0.1) is 0 Å². The van der Waals surface area contributed by atoms with E-state index in [1.165, 1.54) is 12.1 Å². The summed E-state index contributed by atoms with van der Waals surface area (Å²) in [6.45, 7) is 4.54. The Labute approximate surface area is 108 Å². The molecule has 1 saturated carbocycles. The molecule has 0 saturated heterocycles. The first kappa shape index (κ1) is 13.3. The second-order valence-electron chi connectivity index (χ2n) is 6.21. The minimum atomic E-state index is -0.245. The Morgan fingerprint density at radius 2 is 1.78 bits per heavy atom. The lowest BCUT2D eigenvalue weighted by molar-refractivity contribution is -0.123. The molecule has 1 aliphatic carbocycles. The lowest BCUT2D eigenvalue weighted by Gasteiger charge is -2.33. The summed E-state index contributed by atoms with van der Waals surface area (Å²) in [5.74, 6) is 0.283. The molecule has 0 N–H and O–H groups in total. The fourth-order valence-electron chi connectivity index (χ4n) is 2.67. The van der Waals surface area contributed by atoms with E-state index in [-0.39, 0.29) is 11.7 Å². The third kappa shape index (κ3) is 3.41. The monoisotopic (exact) mass is 248 g/mol. The molecule has 1 aromatic carbocycles. The highest BCUT2D eigenvalue weighted by atomic mass is 19.1. The summed E-state index contributed by atoms with van der Waals surface area (Å²) in [4.78, 5) is 12.2. The number of rotatable bonds is 3. The van der Waals surface area contributed by atoms with Crippen LogP contribution in [0.4, 0.5) is 4.39 Å². The molecule has 0 aromatic heterocycles. The van der Waals surface area contributed by atoms with E-state index in [2.05, 4.69) is 13.8 Å². The maximum atomic E-state index is 12.8. The predicted molar refractivity (Wildman–Crippen MR) is 70.9 cm³/mol. The Bertz CT molecular complexity index is 409. The molecule has 0 radical (unpaired) electrons. The maximum absolute atomic E-state index is 12.8. The zero-order valence-electron chi connectivity index (χ0n) is 11.2. The average Bonchev–Trinajstić information content (AvgIpc) is 2.32. The van der Waals surface area contributed by atoms with Crippen molar-refractivity contribution in [3.05, 3.63) is 35.6 Å². The van der Waals surface area contributed by atoms with Gasteiger partial charge in [-0.3, -0.25) is 4.79 Å². The zero-order valence-corrected chi connectivity index (χ0v) is 11.2. The Balaban J connectivity index is 1.91. The van der Waals surface area contributed by atoms with Gasteiger partial charge in [0.05, 0.1) is 0 Å². The molecule has 0 amide bonds. The van der Waals surface area contributed by atoms with Gasteiger partial charge in [0, 0.05) is 12.3 Å². The van der Waals surface area contributed by atoms with Crippen molar-refractivity contribution in [1.29, 1.82) is 0 Å². The van der Waals surface area contributed by atoms with Crippen molar-refractivity contribution >= 4 is 5.78 Å². The molecule has 0 spiro atoms. The molecule has 0 unspecified atom stereocenters. The van der Waals surface area contributed by atoms with E-state index in [1.54, 1.807) is 12.1 Å². The summed E-state index contributed by atoms with van der Waals surface area (Å²) < 4.78 is 12.8. The maximum Gasteiger partial charge on any atom is 0.140 e. The van der Waals surface area contributed by atoms with Crippen LogP contribution in [0.3, 0.4) is 0 Å². The number of carbonyl (C=O) groups excluding carboxylic acids is 1. The van der Waals surface area contributed by atoms with Crippen LogP contribution < -0.4 is 0 Å². The number of hydrogen-bond donors (Lipinski definition) is 0. The van der Waals surface area contributed by atoms with Gasteiger partial charge in [-0.05, 0) is 48.8 Å². The summed E-state index contributed by atoms with van der Waals surface area (Å²) >= 11 is 0. The van der Waals surface area contributed by atoms with Crippen LogP contribution in [0.25, 0.3) is 0 Å². The number of benzene rings is 1. The van der Waals surface area contributed by atoms with Crippen LogP contribution >= 0.6 is 0 Å². The quantitative estimate of drug-likeness (QED) is 0.785. The summed E-state index contributed by atoms with van der Waals surface area (Å²) in [6.07, 6.45) is 4.73. The topological polar surface area (TPSA) is 17.1 Å². The van der Waals surface area contributed by atoms with Crippen LogP contribution in [-0.4, -0.2) is 5.78 Å². The van der Waals surface area contributed by atoms with Crippen molar-refractivity contribution in [2.45, 2.75) is 46.0 Å². The lowest BCUT2D eigenvalue weighted by atomic mass is 9.71. The van der Waals surface area contributed by atoms with Gasteiger partial charge in [-0.25, -0.2) is 4.39 Å². The summed E-state index contributed by atoms with van der Waals surface area (Å²) in [6, 6.07) is 6.26. The van der Waals surface area contributed by atoms with E-state index in [4.69, 9.17) is 0 Å². The molecule has 2 heteroatoms. The number of hydrogen-bond acceptors (Lipinski definition) is 1. The van der Waals surface area contributed by atoms with Crippen LogP contribution in [-0.2, 0) is 11.2 Å². The fourth-order valence-corrected chi connectivity index (χ4v) is 2.67. The van der Waals surface area contributed by atoms with Gasteiger partial charge in [-0.2, -0.15) is 0 Å². The first-order valence-corrected chi connectivity index (χ1v) is 6.73. The van der Waals surface area contributed by atoms with Gasteiger partial charge in [0.15, 0.2) is 0 Å². The molecule has 1 fully saturated rings. The Morgan fingerprint density at radius 1 is 1.22 bits per heavy atom. The van der Waals surface area contributed by atoms with Gasteiger partial charge in [0.2, 0.25) is 0 Å². The Morgan fingerprint density at radius 3 is 2.33 bits per heavy atom. The molecule has 18 heavy (non-hydrogen) atoms. The fraction of sp³-hybridized carbons (Fsp3) is 0.562. The van der Waals surface area contributed by atoms with Crippen molar-refractivity contribution < 1.29 is 9.18 Å². The Hall–Kier alpha value is -1.18. The summed E-state index contributed by atoms with van der Waals surface area (Å²) in [5, 5.41) is 0. The molecule has 0 heterocycles. The normalized spacial score (nSPS) is 19.7. The Kier molecular flexibility index (Phi) is 3.84. The van der Waals surface area contributed by atoms with Crippen LogP contribution in [0.15, 0.2) is 24.3 Å². The molecule has 2 rings (SSSR count). The van der Waals surface area contributed by atoms with Crippen molar-refractivity contribution in [3.8, 4) is 0 Å². The lowest BCUT2D eigenvalue weighted by Crippen LogP contribution is -2.27. The van der Waals surface area contributed by atoms with Crippen molar-refractivity contribution in [2.75, 3.05) is 0 Å². The second kappa shape index (κ2) is 5.21. The van der Waals surface area contributed by atoms with E-state index in [9.17, 15) is 9.18 Å². The summed E-state index contributed by atoms with van der Waals surface area (Å²) in [7, 11) is 0. The highest BCUT2D eigenvalue weighted by Crippen LogP contribution is 2.38. The molecule has 1 aliphatic rings. The average molecular weight is 248 g/mol. The van der Waals surface area contributed by atoms with Gasteiger partial charge in [0.1, 0.15) is 11.6 Å². The van der Waals surface area contributed by atoms with Crippen LogP contribution in [0, 0.1) is 17.2 Å². The molecule has 0 aliphatic heterocycles. The standard InChI is InChI=1S/C16H21FO/c1-16(2)9-7-13(8-10-16)15(18)11-12-3-5-14(17)6-4-12/h3-6,13H,7-11H2,1-2H3. The van der Waals surface area contributed by atoms with E-state index in [0.29, 0.717) is 17.6 Å².